The number of likely N-dealkylation sites (tertiary alicyclic amines) is 1. The number of amides is 1. The molecule has 2 fully saturated rings. The van der Waals surface area contributed by atoms with Gasteiger partial charge < -0.3 is 14.7 Å². The fourth-order valence-electron chi connectivity index (χ4n) is 4.31. The number of fused-ring (bicyclic) bond motifs is 1. The summed E-state index contributed by atoms with van der Waals surface area (Å²) < 4.78 is 5.59. The van der Waals surface area contributed by atoms with Gasteiger partial charge in [0.25, 0.3) is 0 Å². The molecular formula is C22H24N4O2. The van der Waals surface area contributed by atoms with Crippen molar-refractivity contribution in [2.45, 2.75) is 37.6 Å². The average molecular weight is 376 g/mol. The van der Waals surface area contributed by atoms with Crippen LogP contribution in [0.3, 0.4) is 0 Å². The Morgan fingerprint density at radius 2 is 1.89 bits per heavy atom. The zero-order valence-electron chi connectivity index (χ0n) is 15.8. The Kier molecular flexibility index (Phi) is 4.56. The third-order valence-electron chi connectivity index (χ3n) is 5.96. The predicted octanol–water partition coefficient (Wildman–Crippen LogP) is 3.35. The van der Waals surface area contributed by atoms with Crippen LogP contribution < -0.4 is 5.32 Å². The quantitative estimate of drug-likeness (QED) is 0.759. The third kappa shape index (κ3) is 3.29. The molecule has 0 radical (unpaired) electrons. The molecule has 1 N–H and O–H groups in total. The molecular weight excluding hydrogens is 352 g/mol. The fraction of sp³-hybridized carbons (Fsp3) is 0.409. The van der Waals surface area contributed by atoms with E-state index in [2.05, 4.69) is 39.7 Å². The first-order valence-corrected chi connectivity index (χ1v) is 10.1. The van der Waals surface area contributed by atoms with E-state index in [0.717, 1.165) is 50.9 Å². The maximum Gasteiger partial charge on any atom is 0.239 e. The number of piperidine rings is 1. The van der Waals surface area contributed by atoms with Gasteiger partial charge in [0, 0.05) is 24.6 Å². The minimum atomic E-state index is 0.0134. The van der Waals surface area contributed by atoms with Crippen LogP contribution in [0.4, 0.5) is 0 Å². The molecule has 2 saturated heterocycles. The SMILES string of the molecule is O=C([C@@H]1CCCN1)N1CCC(c2nc(-c3ccc4ccccc4c3)no2)CC1. The summed E-state index contributed by atoms with van der Waals surface area (Å²) >= 11 is 0. The van der Waals surface area contributed by atoms with Gasteiger partial charge >= 0.3 is 0 Å². The molecule has 3 aromatic rings. The van der Waals surface area contributed by atoms with Gasteiger partial charge in [-0.05, 0) is 49.1 Å². The molecule has 2 aromatic carbocycles. The Bertz CT molecular complexity index is 985. The van der Waals surface area contributed by atoms with Crippen molar-refractivity contribution in [1.82, 2.24) is 20.4 Å². The molecule has 6 heteroatoms. The summed E-state index contributed by atoms with van der Waals surface area (Å²) in [6, 6.07) is 14.5. The van der Waals surface area contributed by atoms with Crippen molar-refractivity contribution in [3.05, 3.63) is 48.4 Å². The number of nitrogens with one attached hydrogen (secondary N) is 1. The van der Waals surface area contributed by atoms with E-state index in [4.69, 9.17) is 4.52 Å². The van der Waals surface area contributed by atoms with Gasteiger partial charge in [-0.15, -0.1) is 0 Å². The summed E-state index contributed by atoms with van der Waals surface area (Å²) in [6.07, 6.45) is 3.79. The summed E-state index contributed by atoms with van der Waals surface area (Å²) in [7, 11) is 0. The lowest BCUT2D eigenvalue weighted by Gasteiger charge is -2.32. The smallest absolute Gasteiger partial charge is 0.239 e. The molecule has 0 spiro atoms. The van der Waals surface area contributed by atoms with Gasteiger partial charge in [-0.1, -0.05) is 41.6 Å². The summed E-state index contributed by atoms with van der Waals surface area (Å²) in [5.41, 5.74) is 0.966. The largest absolute Gasteiger partial charge is 0.341 e. The molecule has 0 saturated carbocycles. The third-order valence-corrected chi connectivity index (χ3v) is 5.96. The van der Waals surface area contributed by atoms with E-state index in [9.17, 15) is 4.79 Å². The van der Waals surface area contributed by atoms with E-state index in [-0.39, 0.29) is 17.9 Å². The molecule has 0 unspecified atom stereocenters. The van der Waals surface area contributed by atoms with Gasteiger partial charge in [0.05, 0.1) is 6.04 Å². The molecule has 0 aliphatic carbocycles. The van der Waals surface area contributed by atoms with E-state index in [1.807, 2.05) is 23.1 Å². The van der Waals surface area contributed by atoms with Gasteiger partial charge in [0.15, 0.2) is 0 Å². The molecule has 6 nitrogen and oxygen atoms in total. The Morgan fingerprint density at radius 3 is 2.68 bits per heavy atom. The number of hydrogen-bond donors (Lipinski definition) is 1. The van der Waals surface area contributed by atoms with Gasteiger partial charge in [0.2, 0.25) is 17.6 Å². The normalized spacial score (nSPS) is 20.7. The molecule has 144 valence electrons. The molecule has 1 amide bonds. The lowest BCUT2D eigenvalue weighted by Crippen LogP contribution is -2.46. The summed E-state index contributed by atoms with van der Waals surface area (Å²) in [4.78, 5) is 19.2. The zero-order chi connectivity index (χ0) is 18.9. The maximum atomic E-state index is 12.6. The van der Waals surface area contributed by atoms with Crippen LogP contribution in [-0.2, 0) is 4.79 Å². The van der Waals surface area contributed by atoms with Crippen molar-refractivity contribution in [2.75, 3.05) is 19.6 Å². The molecule has 5 rings (SSSR count). The van der Waals surface area contributed by atoms with Crippen molar-refractivity contribution in [3.63, 3.8) is 0 Å². The first kappa shape index (κ1) is 17.4. The van der Waals surface area contributed by atoms with Gasteiger partial charge in [0.1, 0.15) is 0 Å². The highest BCUT2D eigenvalue weighted by atomic mass is 16.5. The van der Waals surface area contributed by atoms with Crippen LogP contribution >= 0.6 is 0 Å². The summed E-state index contributed by atoms with van der Waals surface area (Å²) in [5, 5.41) is 9.87. The number of rotatable bonds is 3. The molecule has 3 heterocycles. The predicted molar refractivity (Wildman–Crippen MR) is 107 cm³/mol. The van der Waals surface area contributed by atoms with Crippen molar-refractivity contribution in [3.8, 4) is 11.4 Å². The van der Waals surface area contributed by atoms with Crippen LogP contribution in [0.25, 0.3) is 22.2 Å². The second kappa shape index (κ2) is 7.36. The van der Waals surface area contributed by atoms with E-state index in [0.29, 0.717) is 11.7 Å². The number of nitrogens with zero attached hydrogens (tertiary/aromatic N) is 3. The number of benzene rings is 2. The highest BCUT2D eigenvalue weighted by Gasteiger charge is 2.32. The molecule has 1 aromatic heterocycles. The van der Waals surface area contributed by atoms with Crippen LogP contribution in [0.5, 0.6) is 0 Å². The van der Waals surface area contributed by atoms with Crippen molar-refractivity contribution >= 4 is 16.7 Å². The van der Waals surface area contributed by atoms with Crippen molar-refractivity contribution < 1.29 is 9.32 Å². The molecule has 28 heavy (non-hydrogen) atoms. The maximum absolute atomic E-state index is 12.6. The van der Waals surface area contributed by atoms with E-state index < -0.39 is 0 Å². The minimum absolute atomic E-state index is 0.0134. The molecule has 1 atom stereocenters. The fourth-order valence-corrected chi connectivity index (χ4v) is 4.31. The van der Waals surface area contributed by atoms with Crippen LogP contribution in [0.15, 0.2) is 47.0 Å². The summed E-state index contributed by atoms with van der Waals surface area (Å²) in [5.74, 6) is 1.80. The van der Waals surface area contributed by atoms with E-state index in [1.165, 1.54) is 10.8 Å². The molecule has 2 aliphatic heterocycles. The van der Waals surface area contributed by atoms with Crippen LogP contribution in [0.1, 0.15) is 37.5 Å². The van der Waals surface area contributed by atoms with Gasteiger partial charge in [-0.25, -0.2) is 0 Å². The monoisotopic (exact) mass is 376 g/mol. The van der Waals surface area contributed by atoms with Gasteiger partial charge in [-0.3, -0.25) is 4.79 Å². The second-order valence-electron chi connectivity index (χ2n) is 7.77. The standard InChI is InChI=1S/C22H24N4O2/c27-22(19-6-3-11-23-19)26-12-9-16(10-13-26)21-24-20(25-28-21)18-8-7-15-4-1-2-5-17(15)14-18/h1-2,4-5,7-8,14,16,19,23H,3,6,9-13H2/t19-/m0/s1. The zero-order valence-corrected chi connectivity index (χ0v) is 15.8. The highest BCUT2D eigenvalue weighted by molar-refractivity contribution is 5.86. The Labute approximate surface area is 163 Å². The number of aromatic nitrogens is 2. The van der Waals surface area contributed by atoms with Crippen LogP contribution in [0.2, 0.25) is 0 Å². The molecule has 0 bridgehead atoms. The highest BCUT2D eigenvalue weighted by Crippen LogP contribution is 2.30. The van der Waals surface area contributed by atoms with E-state index in [1.54, 1.807) is 0 Å². The van der Waals surface area contributed by atoms with E-state index >= 15 is 0 Å². The average Bonchev–Trinajstić information content (AvgIpc) is 3.45. The first-order chi connectivity index (χ1) is 13.8. The Morgan fingerprint density at radius 1 is 1.07 bits per heavy atom. The summed E-state index contributed by atoms with van der Waals surface area (Å²) in [6.45, 7) is 2.47. The van der Waals surface area contributed by atoms with Gasteiger partial charge in [-0.2, -0.15) is 4.98 Å². The second-order valence-corrected chi connectivity index (χ2v) is 7.77. The first-order valence-electron chi connectivity index (χ1n) is 10.1. The van der Waals surface area contributed by atoms with Crippen LogP contribution in [0, 0.1) is 0 Å². The Hall–Kier alpha value is -2.73. The minimum Gasteiger partial charge on any atom is -0.341 e. The lowest BCUT2D eigenvalue weighted by molar-refractivity contribution is -0.134. The number of carbonyl (C=O) groups is 1. The lowest BCUT2D eigenvalue weighted by atomic mass is 9.96. The topological polar surface area (TPSA) is 71.3 Å². The number of hydrogen-bond acceptors (Lipinski definition) is 5. The number of carbonyl (C=O) groups excluding carboxylic acids is 1. The molecule has 2 aliphatic rings. The van der Waals surface area contributed by atoms with Crippen LogP contribution in [-0.4, -0.2) is 46.6 Å². The van der Waals surface area contributed by atoms with Crippen molar-refractivity contribution in [2.24, 2.45) is 0 Å². The Balaban J connectivity index is 1.27. The van der Waals surface area contributed by atoms with Crippen molar-refractivity contribution in [1.29, 1.82) is 0 Å².